The molecule has 0 fully saturated rings. The van der Waals surface area contributed by atoms with Crippen molar-refractivity contribution >= 4 is 40.1 Å². The second-order valence-corrected chi connectivity index (χ2v) is 8.81. The highest BCUT2D eigenvalue weighted by Crippen LogP contribution is 2.36. The molecule has 0 aromatic carbocycles. The number of fused-ring (bicyclic) bond motifs is 1. The fourth-order valence-electron chi connectivity index (χ4n) is 3.07. The molecule has 0 bridgehead atoms. The first kappa shape index (κ1) is 22.8. The fraction of sp³-hybridized carbons (Fsp3) is 0.556. The Morgan fingerprint density at radius 3 is 2.55 bits per heavy atom. The third-order valence-corrected chi connectivity index (χ3v) is 5.65. The lowest BCUT2D eigenvalue weighted by atomic mass is 9.97. The van der Waals surface area contributed by atoms with E-state index in [9.17, 15) is 24.3 Å². The third-order valence-electron chi connectivity index (χ3n) is 4.50. The lowest BCUT2D eigenvalue weighted by Crippen LogP contribution is -2.44. The SMILES string of the molecule is CC(C)(N)CCCC(=O)NCC1Cc2c(sc(NC(=O)C(=O)O)c2C(=O)O)CN1. The Labute approximate surface area is 171 Å². The summed E-state index contributed by atoms with van der Waals surface area (Å²) in [7, 11) is 0. The van der Waals surface area contributed by atoms with E-state index in [0.29, 0.717) is 37.9 Å². The van der Waals surface area contributed by atoms with Crippen molar-refractivity contribution in [3.05, 3.63) is 16.0 Å². The van der Waals surface area contributed by atoms with Gasteiger partial charge in [0.25, 0.3) is 0 Å². The van der Waals surface area contributed by atoms with E-state index in [1.165, 1.54) is 0 Å². The van der Waals surface area contributed by atoms with Crippen molar-refractivity contribution < 1.29 is 29.4 Å². The first-order valence-electron chi connectivity index (χ1n) is 9.19. The Morgan fingerprint density at radius 1 is 1.28 bits per heavy atom. The minimum absolute atomic E-state index is 0.00536. The molecule has 11 heteroatoms. The summed E-state index contributed by atoms with van der Waals surface area (Å²) >= 11 is 1.04. The van der Waals surface area contributed by atoms with Gasteiger partial charge < -0.3 is 31.9 Å². The third kappa shape index (κ3) is 6.51. The molecule has 2 amide bonds. The maximum atomic E-state index is 12.0. The van der Waals surface area contributed by atoms with E-state index in [2.05, 4.69) is 16.0 Å². The van der Waals surface area contributed by atoms with Crippen LogP contribution in [0.4, 0.5) is 5.00 Å². The van der Waals surface area contributed by atoms with Gasteiger partial charge in [0.15, 0.2) is 0 Å². The van der Waals surface area contributed by atoms with Gasteiger partial charge in [-0.2, -0.15) is 0 Å². The zero-order valence-corrected chi connectivity index (χ0v) is 17.1. The summed E-state index contributed by atoms with van der Waals surface area (Å²) < 4.78 is 0. The molecular formula is C18H26N4O6S. The molecule has 10 nitrogen and oxygen atoms in total. The second kappa shape index (κ2) is 9.33. The number of amides is 2. The van der Waals surface area contributed by atoms with Gasteiger partial charge in [-0.3, -0.25) is 9.59 Å². The number of carboxylic acid groups (broad SMARTS) is 2. The molecule has 1 aliphatic heterocycles. The molecule has 0 saturated carbocycles. The molecule has 160 valence electrons. The van der Waals surface area contributed by atoms with Crippen molar-refractivity contribution in [2.75, 3.05) is 11.9 Å². The zero-order valence-electron chi connectivity index (χ0n) is 16.3. The number of carbonyl (C=O) groups excluding carboxylic acids is 2. The molecule has 1 aromatic heterocycles. The number of carbonyl (C=O) groups is 4. The van der Waals surface area contributed by atoms with Gasteiger partial charge in [0.05, 0.1) is 5.56 Å². The van der Waals surface area contributed by atoms with Crippen LogP contribution in [0.15, 0.2) is 0 Å². The van der Waals surface area contributed by atoms with Crippen molar-refractivity contribution in [3.8, 4) is 0 Å². The number of thiophene rings is 1. The van der Waals surface area contributed by atoms with E-state index in [4.69, 9.17) is 10.8 Å². The van der Waals surface area contributed by atoms with Crippen LogP contribution < -0.4 is 21.7 Å². The first-order valence-corrected chi connectivity index (χ1v) is 10.0. The van der Waals surface area contributed by atoms with Crippen LogP contribution in [0.25, 0.3) is 0 Å². The van der Waals surface area contributed by atoms with Gasteiger partial charge >= 0.3 is 17.8 Å². The number of aromatic carboxylic acids is 1. The smallest absolute Gasteiger partial charge is 0.394 e. The van der Waals surface area contributed by atoms with Gasteiger partial charge in [-0.1, -0.05) is 0 Å². The van der Waals surface area contributed by atoms with Crippen LogP contribution in [0, 0.1) is 0 Å². The number of anilines is 1. The molecule has 0 saturated heterocycles. The van der Waals surface area contributed by atoms with Gasteiger partial charge in [-0.25, -0.2) is 9.59 Å². The summed E-state index contributed by atoms with van der Waals surface area (Å²) in [6.07, 6.45) is 2.11. The van der Waals surface area contributed by atoms with E-state index < -0.39 is 17.8 Å². The normalized spacial score (nSPS) is 16.0. The fourth-order valence-corrected chi connectivity index (χ4v) is 4.24. The molecule has 1 aromatic rings. The summed E-state index contributed by atoms with van der Waals surface area (Å²) in [6, 6.07) is -0.173. The van der Waals surface area contributed by atoms with Crippen LogP contribution in [-0.2, 0) is 27.3 Å². The minimum Gasteiger partial charge on any atom is -0.478 e. The van der Waals surface area contributed by atoms with Crippen molar-refractivity contribution in [2.45, 2.75) is 57.7 Å². The molecule has 7 N–H and O–H groups in total. The van der Waals surface area contributed by atoms with Crippen molar-refractivity contribution in [1.29, 1.82) is 0 Å². The van der Waals surface area contributed by atoms with E-state index in [1.54, 1.807) is 0 Å². The maximum Gasteiger partial charge on any atom is 0.394 e. The molecular weight excluding hydrogens is 400 g/mol. The average molecular weight is 426 g/mol. The van der Waals surface area contributed by atoms with Crippen molar-refractivity contribution in [1.82, 2.24) is 10.6 Å². The Kier molecular flexibility index (Phi) is 7.33. The van der Waals surface area contributed by atoms with Crippen LogP contribution >= 0.6 is 11.3 Å². The lowest BCUT2D eigenvalue weighted by Gasteiger charge is -2.24. The monoisotopic (exact) mass is 426 g/mol. The summed E-state index contributed by atoms with van der Waals surface area (Å²) in [4.78, 5) is 46.6. The number of aliphatic carboxylic acids is 1. The highest BCUT2D eigenvalue weighted by atomic mass is 32.1. The Balaban J connectivity index is 1.98. The summed E-state index contributed by atoms with van der Waals surface area (Å²) in [5, 5.41) is 26.5. The quantitative estimate of drug-likeness (QED) is 0.326. The first-order chi connectivity index (χ1) is 13.5. The Morgan fingerprint density at radius 2 is 1.97 bits per heavy atom. The molecule has 0 aliphatic carbocycles. The van der Waals surface area contributed by atoms with E-state index in [1.807, 2.05) is 13.8 Å². The lowest BCUT2D eigenvalue weighted by molar-refractivity contribution is -0.147. The Bertz CT molecular complexity index is 814. The minimum atomic E-state index is -1.69. The number of hydrogen-bond donors (Lipinski definition) is 6. The standard InChI is InChI=1S/C18H26N4O6S/c1-18(2,19)5-3-4-12(23)21-7-9-6-10-11(8-20-9)29-15(13(10)16(25)26)22-14(24)17(27)28/h9,20H,3-8,19H2,1-2H3,(H,21,23)(H,22,24)(H,25,26)(H,27,28). The number of rotatable bonds is 8. The molecule has 0 spiro atoms. The van der Waals surface area contributed by atoms with Gasteiger partial charge in [0.1, 0.15) is 5.00 Å². The van der Waals surface area contributed by atoms with Gasteiger partial charge in [-0.15, -0.1) is 11.3 Å². The Hall–Kier alpha value is -2.50. The second-order valence-electron chi connectivity index (χ2n) is 7.70. The summed E-state index contributed by atoms with van der Waals surface area (Å²) in [6.45, 7) is 4.51. The van der Waals surface area contributed by atoms with Crippen LogP contribution in [0.1, 0.15) is 53.9 Å². The summed E-state index contributed by atoms with van der Waals surface area (Å²) in [5.41, 5.74) is 6.03. The van der Waals surface area contributed by atoms with Crippen molar-refractivity contribution in [3.63, 3.8) is 0 Å². The molecule has 1 atom stereocenters. The summed E-state index contributed by atoms with van der Waals surface area (Å²) in [5.74, 6) is -4.31. The number of carboxylic acids is 2. The van der Waals surface area contributed by atoms with Crippen molar-refractivity contribution in [2.24, 2.45) is 5.73 Å². The molecule has 1 unspecified atom stereocenters. The highest BCUT2D eigenvalue weighted by Gasteiger charge is 2.30. The maximum absolute atomic E-state index is 12.0. The van der Waals surface area contributed by atoms with E-state index in [-0.39, 0.29) is 28.1 Å². The van der Waals surface area contributed by atoms with Crippen LogP contribution in [0.2, 0.25) is 0 Å². The van der Waals surface area contributed by atoms with Gasteiger partial charge in [0, 0.05) is 36.0 Å². The molecule has 0 radical (unpaired) electrons. The van der Waals surface area contributed by atoms with Crippen LogP contribution in [0.3, 0.4) is 0 Å². The van der Waals surface area contributed by atoms with E-state index in [0.717, 1.165) is 22.6 Å². The molecule has 1 aliphatic rings. The van der Waals surface area contributed by atoms with E-state index >= 15 is 0 Å². The predicted molar refractivity (Wildman–Crippen MR) is 107 cm³/mol. The number of nitrogens with one attached hydrogen (secondary N) is 3. The average Bonchev–Trinajstić information content (AvgIpc) is 2.95. The highest BCUT2D eigenvalue weighted by molar-refractivity contribution is 7.17. The number of nitrogens with two attached hydrogens (primary N) is 1. The predicted octanol–water partition coefficient (Wildman–Crippen LogP) is 0.508. The van der Waals surface area contributed by atoms with Gasteiger partial charge in [0.2, 0.25) is 5.91 Å². The van der Waals surface area contributed by atoms with Crippen LogP contribution in [0.5, 0.6) is 0 Å². The number of hydrogen-bond acceptors (Lipinski definition) is 7. The molecule has 29 heavy (non-hydrogen) atoms. The molecule has 2 heterocycles. The largest absolute Gasteiger partial charge is 0.478 e. The van der Waals surface area contributed by atoms with Crippen LogP contribution in [-0.4, -0.2) is 52.1 Å². The van der Waals surface area contributed by atoms with Gasteiger partial charge in [-0.05, 0) is 38.7 Å². The topological polar surface area (TPSA) is 171 Å². The molecule has 2 rings (SSSR count). The zero-order chi connectivity index (χ0) is 21.8.